The van der Waals surface area contributed by atoms with Crippen LogP contribution in [0.15, 0.2) is 84.0 Å². The number of aryl methyl sites for hydroxylation is 1. The van der Waals surface area contributed by atoms with Crippen molar-refractivity contribution in [2.45, 2.75) is 44.2 Å². The Morgan fingerprint density at radius 1 is 0.914 bits per heavy atom. The third kappa shape index (κ3) is 4.89. The van der Waals surface area contributed by atoms with Gasteiger partial charge in [-0.3, -0.25) is 9.36 Å². The molecule has 1 aliphatic rings. The smallest absolute Gasteiger partial charge is 0.237 e. The molecule has 0 N–H and O–H groups in total. The quantitative estimate of drug-likeness (QED) is 0.313. The number of thioether (sulfide) groups is 1. The number of fused-ring (bicyclic) bond motifs is 1. The highest BCUT2D eigenvalue weighted by Crippen LogP contribution is 2.32. The molecule has 0 bridgehead atoms. The molecule has 0 atom stereocenters. The lowest BCUT2D eigenvalue weighted by atomic mass is 9.87. The molecule has 6 heteroatoms. The molecule has 4 aromatic rings. The van der Waals surface area contributed by atoms with Crippen molar-refractivity contribution in [3.63, 3.8) is 0 Å². The van der Waals surface area contributed by atoms with E-state index in [4.69, 9.17) is 0 Å². The molecule has 1 aromatic heterocycles. The molecule has 1 aliphatic heterocycles. The molecule has 178 valence electrons. The molecule has 0 fully saturated rings. The van der Waals surface area contributed by atoms with Gasteiger partial charge in [-0.25, -0.2) is 0 Å². The van der Waals surface area contributed by atoms with Gasteiger partial charge in [-0.15, -0.1) is 10.2 Å². The lowest BCUT2D eigenvalue weighted by molar-refractivity contribution is -0.116. The Bertz CT molecular complexity index is 1320. The Hall–Kier alpha value is -3.38. The van der Waals surface area contributed by atoms with Crippen LogP contribution in [0.5, 0.6) is 0 Å². The zero-order valence-electron chi connectivity index (χ0n) is 20.4. The number of amides is 1. The molecule has 0 saturated carbocycles. The maximum atomic E-state index is 13.2. The fourth-order valence-electron chi connectivity index (χ4n) is 4.48. The fraction of sp³-hybridized carbons (Fsp3) is 0.276. The summed E-state index contributed by atoms with van der Waals surface area (Å²) in [6.07, 6.45) is 2.01. The van der Waals surface area contributed by atoms with Gasteiger partial charge < -0.3 is 4.90 Å². The first kappa shape index (κ1) is 23.4. The van der Waals surface area contributed by atoms with Gasteiger partial charge >= 0.3 is 0 Å². The summed E-state index contributed by atoms with van der Waals surface area (Å²) >= 11 is 1.44. The van der Waals surface area contributed by atoms with E-state index < -0.39 is 0 Å². The zero-order valence-corrected chi connectivity index (χ0v) is 21.3. The van der Waals surface area contributed by atoms with Crippen LogP contribution in [0.4, 0.5) is 5.69 Å². The SMILES string of the molecule is CC(C)(C)c1ccc(-c2nnc(SCC(=O)N3CCCc4ccccc43)n2-c2ccccc2)cc1. The Balaban J connectivity index is 1.43. The summed E-state index contributed by atoms with van der Waals surface area (Å²) in [5.74, 6) is 1.18. The van der Waals surface area contributed by atoms with Crippen LogP contribution in [-0.4, -0.2) is 33.0 Å². The minimum absolute atomic E-state index is 0.0834. The van der Waals surface area contributed by atoms with Gasteiger partial charge in [0, 0.05) is 23.5 Å². The number of anilines is 1. The number of para-hydroxylation sites is 2. The van der Waals surface area contributed by atoms with Crippen LogP contribution in [0.25, 0.3) is 17.1 Å². The first-order valence-electron chi connectivity index (χ1n) is 12.0. The summed E-state index contributed by atoms with van der Waals surface area (Å²) in [7, 11) is 0. The minimum atomic E-state index is 0.0834. The van der Waals surface area contributed by atoms with E-state index in [2.05, 4.69) is 61.3 Å². The highest BCUT2D eigenvalue weighted by Gasteiger charge is 2.24. The van der Waals surface area contributed by atoms with Crippen molar-refractivity contribution in [2.75, 3.05) is 17.2 Å². The van der Waals surface area contributed by atoms with E-state index >= 15 is 0 Å². The predicted octanol–water partition coefficient (Wildman–Crippen LogP) is 6.30. The Morgan fingerprint density at radius 3 is 2.37 bits per heavy atom. The predicted molar refractivity (Wildman–Crippen MR) is 143 cm³/mol. The van der Waals surface area contributed by atoms with Crippen LogP contribution in [0, 0.1) is 0 Å². The van der Waals surface area contributed by atoms with E-state index in [1.54, 1.807) is 0 Å². The molecule has 5 rings (SSSR count). The maximum absolute atomic E-state index is 13.2. The molecule has 5 nitrogen and oxygen atoms in total. The molecule has 0 unspecified atom stereocenters. The standard InChI is InChI=1S/C29H30N4OS/c1-29(2,3)23-17-15-22(16-18-23)27-30-31-28(33(27)24-12-5-4-6-13-24)35-20-26(34)32-19-9-11-21-10-7-8-14-25(21)32/h4-8,10,12-18H,9,11,19-20H2,1-3H3. The molecule has 0 saturated heterocycles. The number of nitrogens with zero attached hydrogens (tertiary/aromatic N) is 4. The van der Waals surface area contributed by atoms with Gasteiger partial charge in [0.05, 0.1) is 5.75 Å². The van der Waals surface area contributed by atoms with Gasteiger partial charge in [0.2, 0.25) is 5.91 Å². The van der Waals surface area contributed by atoms with Crippen molar-refractivity contribution in [3.05, 3.63) is 90.0 Å². The Kier molecular flexibility index (Phi) is 6.48. The van der Waals surface area contributed by atoms with Crippen molar-refractivity contribution in [2.24, 2.45) is 0 Å². The van der Waals surface area contributed by atoms with Gasteiger partial charge in [-0.05, 0) is 47.6 Å². The van der Waals surface area contributed by atoms with Crippen LogP contribution in [0.3, 0.4) is 0 Å². The van der Waals surface area contributed by atoms with Crippen LogP contribution in [0.1, 0.15) is 38.3 Å². The highest BCUT2D eigenvalue weighted by molar-refractivity contribution is 7.99. The third-order valence-electron chi connectivity index (χ3n) is 6.39. The van der Waals surface area contributed by atoms with E-state index in [9.17, 15) is 4.79 Å². The normalized spacial score (nSPS) is 13.5. The Labute approximate surface area is 211 Å². The average molecular weight is 483 g/mol. The monoisotopic (exact) mass is 482 g/mol. The summed E-state index contributed by atoms with van der Waals surface area (Å²) in [4.78, 5) is 15.2. The van der Waals surface area contributed by atoms with Crippen LogP contribution in [-0.2, 0) is 16.6 Å². The fourth-order valence-corrected chi connectivity index (χ4v) is 5.30. The number of carbonyl (C=O) groups is 1. The number of aromatic nitrogens is 3. The number of benzene rings is 3. The summed E-state index contributed by atoms with van der Waals surface area (Å²) in [6, 6.07) is 26.8. The van der Waals surface area contributed by atoms with E-state index in [-0.39, 0.29) is 11.3 Å². The van der Waals surface area contributed by atoms with Gasteiger partial charge in [0.15, 0.2) is 11.0 Å². The molecule has 2 heterocycles. The van der Waals surface area contributed by atoms with Crippen molar-refractivity contribution < 1.29 is 4.79 Å². The lowest BCUT2D eigenvalue weighted by Gasteiger charge is -2.29. The maximum Gasteiger partial charge on any atom is 0.237 e. The molecule has 35 heavy (non-hydrogen) atoms. The second-order valence-electron chi connectivity index (χ2n) is 9.87. The van der Waals surface area contributed by atoms with Crippen LogP contribution >= 0.6 is 11.8 Å². The van der Waals surface area contributed by atoms with E-state index in [1.165, 1.54) is 22.9 Å². The lowest BCUT2D eigenvalue weighted by Crippen LogP contribution is -2.36. The summed E-state index contributed by atoms with van der Waals surface area (Å²) in [5.41, 5.74) is 5.61. The molecular weight excluding hydrogens is 452 g/mol. The molecule has 1 amide bonds. The molecular formula is C29H30N4OS. The molecule has 0 spiro atoms. The average Bonchev–Trinajstić information content (AvgIpc) is 3.31. The topological polar surface area (TPSA) is 51.0 Å². The van der Waals surface area contributed by atoms with Gasteiger partial charge in [0.1, 0.15) is 0 Å². The zero-order chi connectivity index (χ0) is 24.4. The van der Waals surface area contributed by atoms with E-state index in [0.717, 1.165) is 42.1 Å². The van der Waals surface area contributed by atoms with Gasteiger partial charge in [-0.1, -0.05) is 93.2 Å². The number of hydrogen-bond donors (Lipinski definition) is 0. The van der Waals surface area contributed by atoms with E-state index in [0.29, 0.717) is 10.9 Å². The molecule has 0 radical (unpaired) electrons. The summed E-state index contributed by atoms with van der Waals surface area (Å²) < 4.78 is 2.05. The molecule has 3 aromatic carbocycles. The van der Waals surface area contributed by atoms with Crippen LogP contribution in [0.2, 0.25) is 0 Å². The summed E-state index contributed by atoms with van der Waals surface area (Å²) in [5, 5.41) is 9.77. The first-order chi connectivity index (χ1) is 16.9. The first-order valence-corrected chi connectivity index (χ1v) is 13.0. The van der Waals surface area contributed by atoms with E-state index in [1.807, 2.05) is 58.0 Å². The second-order valence-corrected chi connectivity index (χ2v) is 10.8. The number of hydrogen-bond acceptors (Lipinski definition) is 4. The Morgan fingerprint density at radius 2 is 1.63 bits per heavy atom. The second kappa shape index (κ2) is 9.70. The van der Waals surface area contributed by atoms with Crippen molar-refractivity contribution in [3.8, 4) is 17.1 Å². The number of carbonyl (C=O) groups excluding carboxylic acids is 1. The third-order valence-corrected chi connectivity index (χ3v) is 7.31. The van der Waals surface area contributed by atoms with Gasteiger partial charge in [0.25, 0.3) is 0 Å². The minimum Gasteiger partial charge on any atom is -0.311 e. The van der Waals surface area contributed by atoms with Crippen molar-refractivity contribution >= 4 is 23.4 Å². The van der Waals surface area contributed by atoms with Crippen LogP contribution < -0.4 is 4.90 Å². The van der Waals surface area contributed by atoms with Crippen molar-refractivity contribution in [1.82, 2.24) is 14.8 Å². The van der Waals surface area contributed by atoms with Crippen molar-refractivity contribution in [1.29, 1.82) is 0 Å². The number of rotatable bonds is 5. The van der Waals surface area contributed by atoms with Gasteiger partial charge in [-0.2, -0.15) is 0 Å². The largest absolute Gasteiger partial charge is 0.311 e. The summed E-state index contributed by atoms with van der Waals surface area (Å²) in [6.45, 7) is 7.38. The highest BCUT2D eigenvalue weighted by atomic mass is 32.2. The molecule has 0 aliphatic carbocycles.